The molecule has 4 heteroatoms. The Labute approximate surface area is 97.9 Å². The first-order valence-corrected chi connectivity index (χ1v) is 5.92. The Bertz CT molecular complexity index is 233. The molecule has 0 spiro atoms. The average Bonchev–Trinajstić information content (AvgIpc) is 2.16. The number of carbonyl (C=O) groups excluding carboxylic acids is 1. The minimum atomic E-state index is -0.424. The van der Waals surface area contributed by atoms with Gasteiger partial charge in [-0.3, -0.25) is 0 Å². The molecular formula is C12H23NO3. The molecule has 0 aromatic carbocycles. The third-order valence-electron chi connectivity index (χ3n) is 2.61. The van der Waals surface area contributed by atoms with Crippen LogP contribution in [0.3, 0.4) is 0 Å². The number of nitrogens with zero attached hydrogens (tertiary/aromatic N) is 1. The number of likely N-dealkylation sites (tertiary alicyclic amines) is 1. The van der Waals surface area contributed by atoms with Gasteiger partial charge in [0.25, 0.3) is 0 Å². The molecule has 0 aromatic rings. The van der Waals surface area contributed by atoms with E-state index in [0.717, 1.165) is 25.8 Å². The highest BCUT2D eigenvalue weighted by molar-refractivity contribution is 5.68. The van der Waals surface area contributed by atoms with E-state index in [9.17, 15) is 4.79 Å². The summed E-state index contributed by atoms with van der Waals surface area (Å²) in [5.74, 6) is 0. The number of amides is 1. The summed E-state index contributed by atoms with van der Waals surface area (Å²) < 4.78 is 10.5. The van der Waals surface area contributed by atoms with E-state index in [2.05, 4.69) is 0 Å². The molecule has 1 aliphatic rings. The summed E-state index contributed by atoms with van der Waals surface area (Å²) in [4.78, 5) is 13.8. The van der Waals surface area contributed by atoms with Gasteiger partial charge in [0, 0.05) is 13.7 Å². The summed E-state index contributed by atoms with van der Waals surface area (Å²) in [6.07, 6.45) is 3.01. The minimum absolute atomic E-state index is 0.175. The van der Waals surface area contributed by atoms with Crippen LogP contribution in [-0.2, 0) is 9.47 Å². The van der Waals surface area contributed by atoms with Gasteiger partial charge in [-0.25, -0.2) is 4.79 Å². The molecule has 1 heterocycles. The lowest BCUT2D eigenvalue weighted by Gasteiger charge is -2.36. The summed E-state index contributed by atoms with van der Waals surface area (Å²) in [6.45, 7) is 7.04. The normalized spacial score (nSPS) is 22.0. The molecule has 4 nitrogen and oxygen atoms in total. The Hall–Kier alpha value is -0.770. The Morgan fingerprint density at radius 1 is 1.38 bits per heavy atom. The molecule has 0 bridgehead atoms. The monoisotopic (exact) mass is 229 g/mol. The molecule has 0 saturated carbocycles. The number of hydrogen-bond acceptors (Lipinski definition) is 3. The van der Waals surface area contributed by atoms with Gasteiger partial charge < -0.3 is 14.4 Å². The van der Waals surface area contributed by atoms with Crippen molar-refractivity contribution in [2.45, 2.75) is 51.7 Å². The van der Waals surface area contributed by atoms with Crippen LogP contribution in [0.4, 0.5) is 4.79 Å². The number of piperidine rings is 1. The Balaban J connectivity index is 2.57. The predicted octanol–water partition coefficient (Wildman–Crippen LogP) is 2.42. The van der Waals surface area contributed by atoms with Crippen LogP contribution in [0.25, 0.3) is 0 Å². The molecule has 1 fully saturated rings. The second kappa shape index (κ2) is 5.53. The molecule has 1 atom stereocenters. The van der Waals surface area contributed by atoms with Gasteiger partial charge in [-0.05, 0) is 40.0 Å². The maximum atomic E-state index is 11.9. The van der Waals surface area contributed by atoms with E-state index in [-0.39, 0.29) is 12.1 Å². The quantitative estimate of drug-likeness (QED) is 0.730. The van der Waals surface area contributed by atoms with Crippen molar-refractivity contribution in [3.8, 4) is 0 Å². The molecule has 1 unspecified atom stereocenters. The number of carbonyl (C=O) groups is 1. The lowest BCUT2D eigenvalue weighted by molar-refractivity contribution is -0.00224. The van der Waals surface area contributed by atoms with Gasteiger partial charge in [-0.1, -0.05) is 0 Å². The molecule has 0 aliphatic carbocycles. The van der Waals surface area contributed by atoms with E-state index in [1.165, 1.54) is 0 Å². The smallest absolute Gasteiger partial charge is 0.410 e. The van der Waals surface area contributed by atoms with Crippen molar-refractivity contribution < 1.29 is 14.3 Å². The average molecular weight is 229 g/mol. The van der Waals surface area contributed by atoms with Crippen LogP contribution in [0.15, 0.2) is 0 Å². The van der Waals surface area contributed by atoms with Crippen LogP contribution in [-0.4, -0.2) is 42.9 Å². The first-order valence-electron chi connectivity index (χ1n) is 5.92. The van der Waals surface area contributed by atoms with Gasteiger partial charge in [0.05, 0.1) is 12.6 Å². The number of rotatable bonds is 2. The highest BCUT2D eigenvalue weighted by Crippen LogP contribution is 2.20. The third-order valence-corrected chi connectivity index (χ3v) is 2.61. The van der Waals surface area contributed by atoms with Crippen molar-refractivity contribution in [2.75, 3.05) is 20.3 Å². The van der Waals surface area contributed by atoms with Crippen LogP contribution in [0.1, 0.15) is 40.0 Å². The minimum Gasteiger partial charge on any atom is -0.444 e. The Kier molecular flexibility index (Phi) is 4.59. The van der Waals surface area contributed by atoms with Crippen molar-refractivity contribution in [1.82, 2.24) is 4.90 Å². The van der Waals surface area contributed by atoms with Gasteiger partial charge in [0.15, 0.2) is 0 Å². The van der Waals surface area contributed by atoms with Crippen LogP contribution in [0.2, 0.25) is 0 Å². The Morgan fingerprint density at radius 2 is 2.06 bits per heavy atom. The standard InChI is InChI=1S/C12H23NO3/c1-12(2,3)16-11(14)13-8-6-5-7-10(13)9-15-4/h10H,5-9H2,1-4H3. The molecule has 1 aliphatic heterocycles. The van der Waals surface area contributed by atoms with Gasteiger partial charge >= 0.3 is 6.09 Å². The second-order valence-corrected chi connectivity index (χ2v) is 5.28. The number of hydrogen-bond donors (Lipinski definition) is 0. The van der Waals surface area contributed by atoms with E-state index in [1.807, 2.05) is 20.8 Å². The van der Waals surface area contributed by atoms with Crippen molar-refractivity contribution in [1.29, 1.82) is 0 Å². The summed E-state index contributed by atoms with van der Waals surface area (Å²) in [7, 11) is 1.67. The van der Waals surface area contributed by atoms with E-state index in [4.69, 9.17) is 9.47 Å². The Morgan fingerprint density at radius 3 is 2.62 bits per heavy atom. The summed E-state index contributed by atoms with van der Waals surface area (Å²) in [6, 6.07) is 0.175. The third kappa shape index (κ3) is 4.00. The molecule has 1 saturated heterocycles. The van der Waals surface area contributed by atoms with Crippen molar-refractivity contribution in [3.05, 3.63) is 0 Å². The van der Waals surface area contributed by atoms with Crippen LogP contribution < -0.4 is 0 Å². The summed E-state index contributed by atoms with van der Waals surface area (Å²) in [5.41, 5.74) is -0.424. The zero-order valence-corrected chi connectivity index (χ0v) is 10.8. The van der Waals surface area contributed by atoms with Crippen molar-refractivity contribution in [3.63, 3.8) is 0 Å². The van der Waals surface area contributed by atoms with Crippen LogP contribution in [0, 0.1) is 0 Å². The molecule has 0 aromatic heterocycles. The topological polar surface area (TPSA) is 38.8 Å². The fraction of sp³-hybridized carbons (Fsp3) is 0.917. The van der Waals surface area contributed by atoms with E-state index < -0.39 is 5.60 Å². The van der Waals surface area contributed by atoms with Gasteiger partial charge in [0.1, 0.15) is 5.60 Å². The number of methoxy groups -OCH3 is 1. The van der Waals surface area contributed by atoms with E-state index in [1.54, 1.807) is 12.0 Å². The fourth-order valence-electron chi connectivity index (χ4n) is 1.93. The molecule has 0 N–H and O–H groups in total. The fourth-order valence-corrected chi connectivity index (χ4v) is 1.93. The largest absolute Gasteiger partial charge is 0.444 e. The second-order valence-electron chi connectivity index (χ2n) is 5.28. The molecule has 0 radical (unpaired) electrons. The lowest BCUT2D eigenvalue weighted by atomic mass is 10.0. The zero-order chi connectivity index (χ0) is 12.2. The molecule has 1 amide bonds. The maximum Gasteiger partial charge on any atom is 0.410 e. The number of ether oxygens (including phenoxy) is 2. The van der Waals surface area contributed by atoms with Gasteiger partial charge in [-0.15, -0.1) is 0 Å². The van der Waals surface area contributed by atoms with Crippen molar-refractivity contribution >= 4 is 6.09 Å². The molecule has 16 heavy (non-hydrogen) atoms. The van der Waals surface area contributed by atoms with Crippen LogP contribution >= 0.6 is 0 Å². The SMILES string of the molecule is COCC1CCCCN1C(=O)OC(C)(C)C. The van der Waals surface area contributed by atoms with E-state index in [0.29, 0.717) is 6.61 Å². The highest BCUT2D eigenvalue weighted by Gasteiger charge is 2.30. The van der Waals surface area contributed by atoms with E-state index >= 15 is 0 Å². The maximum absolute atomic E-state index is 11.9. The molecular weight excluding hydrogens is 206 g/mol. The molecule has 94 valence electrons. The summed E-state index contributed by atoms with van der Waals surface area (Å²) in [5, 5.41) is 0. The first kappa shape index (κ1) is 13.3. The van der Waals surface area contributed by atoms with Crippen molar-refractivity contribution in [2.24, 2.45) is 0 Å². The highest BCUT2D eigenvalue weighted by atomic mass is 16.6. The lowest BCUT2D eigenvalue weighted by Crippen LogP contribution is -2.48. The van der Waals surface area contributed by atoms with Gasteiger partial charge in [-0.2, -0.15) is 0 Å². The van der Waals surface area contributed by atoms with Gasteiger partial charge in [0.2, 0.25) is 0 Å². The summed E-state index contributed by atoms with van der Waals surface area (Å²) >= 11 is 0. The first-order chi connectivity index (χ1) is 7.44. The van der Waals surface area contributed by atoms with Crippen LogP contribution in [0.5, 0.6) is 0 Å². The zero-order valence-electron chi connectivity index (χ0n) is 10.8. The predicted molar refractivity (Wildman–Crippen MR) is 62.5 cm³/mol. The molecule has 1 rings (SSSR count).